The molecule has 0 saturated heterocycles. The lowest BCUT2D eigenvalue weighted by Gasteiger charge is -2.16. The van der Waals surface area contributed by atoms with Crippen LogP contribution in [0.4, 0.5) is 5.69 Å². The maximum atomic E-state index is 13.3. The van der Waals surface area contributed by atoms with E-state index in [2.05, 4.69) is 9.46 Å². The first-order valence-corrected chi connectivity index (χ1v) is 12.4. The van der Waals surface area contributed by atoms with Crippen LogP contribution in [0.3, 0.4) is 0 Å². The molecule has 0 aliphatic heterocycles. The molecule has 2 aromatic carbocycles. The van der Waals surface area contributed by atoms with Crippen LogP contribution in [-0.4, -0.2) is 48.8 Å². The van der Waals surface area contributed by atoms with Gasteiger partial charge in [0.2, 0.25) is 0 Å². The molecule has 1 N–H and O–H groups in total. The molecule has 0 amide bonds. The van der Waals surface area contributed by atoms with Gasteiger partial charge < -0.3 is 28.1 Å². The highest BCUT2D eigenvalue weighted by molar-refractivity contribution is 7.92. The van der Waals surface area contributed by atoms with E-state index in [1.54, 1.807) is 6.92 Å². The Morgan fingerprint density at radius 3 is 2.22 bits per heavy atom. The summed E-state index contributed by atoms with van der Waals surface area (Å²) in [5.41, 5.74) is 0.168. The number of esters is 2. The third-order valence-electron chi connectivity index (χ3n) is 5.13. The van der Waals surface area contributed by atoms with Crippen LogP contribution in [0.1, 0.15) is 32.2 Å². The number of furan rings is 1. The molecule has 0 saturated carbocycles. The van der Waals surface area contributed by atoms with Gasteiger partial charge in [0.05, 0.1) is 44.7 Å². The van der Waals surface area contributed by atoms with Crippen LogP contribution in [0.2, 0.25) is 5.02 Å². The number of methoxy groups -OCH3 is 4. The first-order valence-electron chi connectivity index (χ1n) is 10.5. The molecule has 3 rings (SSSR count). The maximum absolute atomic E-state index is 13.3. The predicted molar refractivity (Wildman–Crippen MR) is 132 cm³/mol. The van der Waals surface area contributed by atoms with Gasteiger partial charge in [0.1, 0.15) is 45.8 Å². The molecular formula is C24H24ClNO10S. The molecule has 198 valence electrons. The number of aryl methyl sites for hydroxylation is 1. The van der Waals surface area contributed by atoms with Gasteiger partial charge in [-0.25, -0.2) is 18.0 Å². The number of ether oxygens (including phenoxy) is 5. The Bertz CT molecular complexity index is 1430. The average molecular weight is 554 g/mol. The lowest BCUT2D eigenvalue weighted by molar-refractivity contribution is 0.0443. The number of halogens is 1. The van der Waals surface area contributed by atoms with Crippen LogP contribution in [0, 0.1) is 6.92 Å². The smallest absolute Gasteiger partial charge is 0.341 e. The van der Waals surface area contributed by atoms with Gasteiger partial charge in [0.25, 0.3) is 10.0 Å². The highest BCUT2D eigenvalue weighted by Gasteiger charge is 2.25. The van der Waals surface area contributed by atoms with E-state index in [4.69, 9.17) is 35.0 Å². The summed E-state index contributed by atoms with van der Waals surface area (Å²) in [6.45, 7) is 1.26. The Labute approximate surface area is 218 Å². The summed E-state index contributed by atoms with van der Waals surface area (Å²) in [5, 5.41) is 0.147. The summed E-state index contributed by atoms with van der Waals surface area (Å²) >= 11 is 6.15. The molecule has 0 aliphatic carbocycles. The largest absolute Gasteiger partial charge is 0.495 e. The van der Waals surface area contributed by atoms with Crippen LogP contribution in [0.5, 0.6) is 17.2 Å². The molecule has 0 radical (unpaired) electrons. The molecule has 11 nitrogen and oxygen atoms in total. The van der Waals surface area contributed by atoms with E-state index in [1.807, 2.05) is 0 Å². The van der Waals surface area contributed by atoms with Gasteiger partial charge in [-0.3, -0.25) is 4.72 Å². The second-order valence-electron chi connectivity index (χ2n) is 7.41. The molecule has 0 spiro atoms. The second kappa shape index (κ2) is 11.4. The molecule has 37 heavy (non-hydrogen) atoms. The topological polar surface area (TPSA) is 140 Å². The van der Waals surface area contributed by atoms with Crippen molar-refractivity contribution in [2.75, 3.05) is 33.2 Å². The first-order chi connectivity index (χ1) is 17.5. The fourth-order valence-electron chi connectivity index (χ4n) is 3.30. The lowest BCUT2D eigenvalue weighted by Crippen LogP contribution is -2.16. The SMILES string of the molecule is COC(=O)c1cc(COC(=O)c2ccc(OC)c(S(=O)(=O)Nc3cc(Cl)c(OC)cc3OC)c2)oc1C. The third-order valence-corrected chi connectivity index (χ3v) is 6.81. The van der Waals surface area contributed by atoms with Gasteiger partial charge in [-0.15, -0.1) is 0 Å². The van der Waals surface area contributed by atoms with E-state index >= 15 is 0 Å². The Hall–Kier alpha value is -3.90. The predicted octanol–water partition coefficient (Wildman–Crippen LogP) is 4.21. The van der Waals surface area contributed by atoms with E-state index < -0.39 is 22.0 Å². The van der Waals surface area contributed by atoms with E-state index in [0.29, 0.717) is 5.76 Å². The Morgan fingerprint density at radius 1 is 0.919 bits per heavy atom. The van der Waals surface area contributed by atoms with E-state index in [0.717, 1.165) is 6.07 Å². The summed E-state index contributed by atoms with van der Waals surface area (Å²) in [4.78, 5) is 24.1. The summed E-state index contributed by atoms with van der Waals surface area (Å²) in [7, 11) is 0.987. The molecule has 0 atom stereocenters. The molecule has 3 aromatic rings. The Balaban J connectivity index is 1.87. The number of carbonyl (C=O) groups is 2. The molecular weight excluding hydrogens is 530 g/mol. The molecule has 13 heteroatoms. The van der Waals surface area contributed by atoms with Gasteiger partial charge in [-0.2, -0.15) is 0 Å². The quantitative estimate of drug-likeness (QED) is 0.363. The van der Waals surface area contributed by atoms with Crippen molar-refractivity contribution >= 4 is 39.3 Å². The summed E-state index contributed by atoms with van der Waals surface area (Å²) in [6.07, 6.45) is 0. The Kier molecular flexibility index (Phi) is 8.56. The zero-order valence-electron chi connectivity index (χ0n) is 20.5. The number of rotatable bonds is 10. The highest BCUT2D eigenvalue weighted by Crippen LogP contribution is 2.38. The Morgan fingerprint density at radius 2 is 1.59 bits per heavy atom. The van der Waals surface area contributed by atoms with Gasteiger partial charge >= 0.3 is 11.9 Å². The fourth-order valence-corrected chi connectivity index (χ4v) is 4.80. The number of hydrogen-bond acceptors (Lipinski definition) is 10. The molecule has 0 fully saturated rings. The normalized spacial score (nSPS) is 11.0. The van der Waals surface area contributed by atoms with Crippen LogP contribution in [0.25, 0.3) is 0 Å². The third kappa shape index (κ3) is 6.09. The van der Waals surface area contributed by atoms with Crippen molar-refractivity contribution < 1.29 is 46.1 Å². The zero-order chi connectivity index (χ0) is 27.3. The molecule has 1 heterocycles. The number of benzene rings is 2. The minimum atomic E-state index is -4.30. The summed E-state index contributed by atoms with van der Waals surface area (Å²) in [6, 6.07) is 7.92. The summed E-state index contributed by atoms with van der Waals surface area (Å²) in [5.74, 6) is -0.502. The van der Waals surface area contributed by atoms with Crippen molar-refractivity contribution in [3.05, 3.63) is 64.1 Å². The van der Waals surface area contributed by atoms with Crippen LogP contribution in [0.15, 0.2) is 45.7 Å². The van der Waals surface area contributed by atoms with Crippen LogP contribution >= 0.6 is 11.6 Å². The van der Waals surface area contributed by atoms with Gasteiger partial charge in [-0.05, 0) is 37.3 Å². The zero-order valence-corrected chi connectivity index (χ0v) is 22.1. The monoisotopic (exact) mass is 553 g/mol. The van der Waals surface area contributed by atoms with Gasteiger partial charge in [0.15, 0.2) is 0 Å². The van der Waals surface area contributed by atoms with Crippen molar-refractivity contribution in [1.82, 2.24) is 0 Å². The molecule has 1 aromatic heterocycles. The molecule has 0 unspecified atom stereocenters. The van der Waals surface area contributed by atoms with Crippen molar-refractivity contribution in [3.8, 4) is 17.2 Å². The standard InChI is InChI=1S/C24H24ClNO10S/c1-13-16(24(28)34-5)9-15(36-13)12-35-23(27)14-6-7-19(31-2)22(8-14)37(29,30)26-18-10-17(25)20(32-3)11-21(18)33-4/h6-11,26H,12H2,1-5H3. The van der Waals surface area contributed by atoms with E-state index in [1.165, 1.54) is 58.8 Å². The van der Waals surface area contributed by atoms with E-state index in [9.17, 15) is 18.0 Å². The molecule has 0 aliphatic rings. The van der Waals surface area contributed by atoms with Crippen molar-refractivity contribution in [2.45, 2.75) is 18.4 Å². The van der Waals surface area contributed by atoms with Gasteiger partial charge in [-0.1, -0.05) is 11.6 Å². The van der Waals surface area contributed by atoms with Crippen molar-refractivity contribution in [1.29, 1.82) is 0 Å². The summed E-state index contributed by atoms with van der Waals surface area (Å²) < 4.78 is 59.8. The lowest BCUT2D eigenvalue weighted by atomic mass is 10.2. The minimum absolute atomic E-state index is 0.0213. The average Bonchev–Trinajstić information content (AvgIpc) is 3.26. The number of anilines is 1. The molecule has 0 bridgehead atoms. The van der Waals surface area contributed by atoms with Crippen LogP contribution < -0.4 is 18.9 Å². The van der Waals surface area contributed by atoms with Crippen molar-refractivity contribution in [2.24, 2.45) is 0 Å². The number of carbonyl (C=O) groups excluding carboxylic acids is 2. The number of nitrogens with one attached hydrogen (secondary N) is 1. The fraction of sp³-hybridized carbons (Fsp3) is 0.250. The number of hydrogen-bond donors (Lipinski definition) is 1. The van der Waals surface area contributed by atoms with E-state index in [-0.39, 0.29) is 56.3 Å². The van der Waals surface area contributed by atoms with Crippen molar-refractivity contribution in [3.63, 3.8) is 0 Å². The first kappa shape index (κ1) is 27.7. The highest BCUT2D eigenvalue weighted by atomic mass is 35.5. The maximum Gasteiger partial charge on any atom is 0.341 e. The minimum Gasteiger partial charge on any atom is -0.495 e. The number of sulfonamides is 1. The van der Waals surface area contributed by atoms with Crippen LogP contribution in [-0.2, 0) is 26.1 Å². The van der Waals surface area contributed by atoms with Gasteiger partial charge in [0, 0.05) is 6.07 Å². The second-order valence-corrected chi connectivity index (χ2v) is 9.47.